The Kier molecular flexibility index (Phi) is 4.12. The Morgan fingerprint density at radius 1 is 1.11 bits per heavy atom. The fourth-order valence-corrected chi connectivity index (χ4v) is 2.44. The quantitative estimate of drug-likeness (QED) is 0.886. The van der Waals surface area contributed by atoms with Gasteiger partial charge in [0.05, 0.1) is 11.4 Å². The summed E-state index contributed by atoms with van der Waals surface area (Å²) >= 11 is 0. The molecule has 1 fully saturated rings. The molecule has 0 unspecified atom stereocenters. The fourth-order valence-electron chi connectivity index (χ4n) is 2.44. The summed E-state index contributed by atoms with van der Waals surface area (Å²) in [7, 11) is 4.21. The van der Waals surface area contributed by atoms with Crippen molar-refractivity contribution >= 4 is 11.4 Å². The van der Waals surface area contributed by atoms with Crippen molar-refractivity contribution in [1.82, 2.24) is 4.90 Å². The van der Waals surface area contributed by atoms with Crippen molar-refractivity contribution in [2.75, 3.05) is 50.5 Å². The highest BCUT2D eigenvalue weighted by atomic mass is 15.3. The number of nitrogens with one attached hydrogen (secondary N) is 1. The third-order valence-corrected chi connectivity index (χ3v) is 3.80. The van der Waals surface area contributed by atoms with E-state index in [1.54, 1.807) is 0 Å². The Morgan fingerprint density at radius 2 is 1.78 bits per heavy atom. The van der Waals surface area contributed by atoms with E-state index in [1.807, 2.05) is 7.05 Å². The summed E-state index contributed by atoms with van der Waals surface area (Å²) < 4.78 is 0. The fraction of sp³-hybridized carbons (Fsp3) is 0.600. The van der Waals surface area contributed by atoms with Gasteiger partial charge < -0.3 is 15.1 Å². The summed E-state index contributed by atoms with van der Waals surface area (Å²) in [6.45, 7) is 9.01. The number of nitrogens with zero attached hydrogens (tertiary/aromatic N) is 2. The Balaban J connectivity index is 2.22. The van der Waals surface area contributed by atoms with Gasteiger partial charge in [-0.05, 0) is 30.7 Å². The number of piperazine rings is 1. The first-order valence-corrected chi connectivity index (χ1v) is 6.87. The maximum Gasteiger partial charge on any atom is 0.0603 e. The maximum absolute atomic E-state index is 3.34. The number of hydrogen-bond donors (Lipinski definition) is 1. The van der Waals surface area contributed by atoms with Crippen molar-refractivity contribution in [3.05, 3.63) is 23.8 Å². The van der Waals surface area contributed by atoms with Gasteiger partial charge in [-0.25, -0.2) is 0 Å². The molecule has 1 heterocycles. The SMILES string of the molecule is CNc1cc(C(C)C)ccc1N1CCN(C)CC1. The lowest BCUT2D eigenvalue weighted by Crippen LogP contribution is -2.44. The molecule has 2 rings (SSSR count). The highest BCUT2D eigenvalue weighted by molar-refractivity contribution is 5.71. The minimum absolute atomic E-state index is 0.582. The number of anilines is 2. The topological polar surface area (TPSA) is 18.5 Å². The van der Waals surface area contributed by atoms with Crippen LogP contribution >= 0.6 is 0 Å². The van der Waals surface area contributed by atoms with E-state index in [1.165, 1.54) is 16.9 Å². The molecule has 1 aliphatic rings. The third-order valence-electron chi connectivity index (χ3n) is 3.80. The second-order valence-electron chi connectivity index (χ2n) is 5.47. The van der Waals surface area contributed by atoms with E-state index in [2.05, 4.69) is 54.2 Å². The molecule has 0 amide bonds. The Labute approximate surface area is 111 Å². The highest BCUT2D eigenvalue weighted by Gasteiger charge is 2.17. The summed E-state index contributed by atoms with van der Waals surface area (Å²) in [5.41, 5.74) is 4.00. The third kappa shape index (κ3) is 2.78. The van der Waals surface area contributed by atoms with Crippen LogP contribution in [0.15, 0.2) is 18.2 Å². The van der Waals surface area contributed by atoms with Crippen LogP contribution < -0.4 is 10.2 Å². The van der Waals surface area contributed by atoms with Gasteiger partial charge in [0.1, 0.15) is 0 Å². The standard InChI is InChI=1S/C15H25N3/c1-12(2)13-5-6-15(14(11-13)16-3)18-9-7-17(4)8-10-18/h5-6,11-12,16H,7-10H2,1-4H3. The van der Waals surface area contributed by atoms with Crippen molar-refractivity contribution in [2.45, 2.75) is 19.8 Å². The molecule has 1 aromatic rings. The largest absolute Gasteiger partial charge is 0.386 e. The van der Waals surface area contributed by atoms with Gasteiger partial charge in [0.15, 0.2) is 0 Å². The number of hydrogen-bond acceptors (Lipinski definition) is 3. The smallest absolute Gasteiger partial charge is 0.0603 e. The van der Waals surface area contributed by atoms with Crippen LogP contribution in [-0.4, -0.2) is 45.2 Å². The van der Waals surface area contributed by atoms with Gasteiger partial charge in [0.2, 0.25) is 0 Å². The summed E-state index contributed by atoms with van der Waals surface area (Å²) in [5.74, 6) is 0.582. The van der Waals surface area contributed by atoms with Crippen LogP contribution in [0.3, 0.4) is 0 Å². The molecule has 18 heavy (non-hydrogen) atoms. The van der Waals surface area contributed by atoms with Crippen LogP contribution in [0, 0.1) is 0 Å². The van der Waals surface area contributed by atoms with E-state index in [9.17, 15) is 0 Å². The summed E-state index contributed by atoms with van der Waals surface area (Å²) in [5, 5.41) is 3.34. The van der Waals surface area contributed by atoms with Crippen LogP contribution in [0.25, 0.3) is 0 Å². The zero-order valence-corrected chi connectivity index (χ0v) is 12.0. The molecular formula is C15H25N3. The summed E-state index contributed by atoms with van der Waals surface area (Å²) in [4.78, 5) is 4.87. The zero-order valence-electron chi connectivity index (χ0n) is 12.0. The maximum atomic E-state index is 3.34. The molecule has 1 saturated heterocycles. The number of rotatable bonds is 3. The molecule has 0 radical (unpaired) electrons. The molecule has 0 atom stereocenters. The van der Waals surface area contributed by atoms with Gasteiger partial charge in [-0.3, -0.25) is 0 Å². The van der Waals surface area contributed by atoms with Crippen LogP contribution in [0.4, 0.5) is 11.4 Å². The lowest BCUT2D eigenvalue weighted by molar-refractivity contribution is 0.313. The predicted octanol–water partition coefficient (Wildman–Crippen LogP) is 2.60. The van der Waals surface area contributed by atoms with E-state index in [0.717, 1.165) is 26.2 Å². The lowest BCUT2D eigenvalue weighted by Gasteiger charge is -2.35. The van der Waals surface area contributed by atoms with Gasteiger partial charge in [0, 0.05) is 33.2 Å². The van der Waals surface area contributed by atoms with Gasteiger partial charge in [-0.15, -0.1) is 0 Å². The van der Waals surface area contributed by atoms with Crippen molar-refractivity contribution < 1.29 is 0 Å². The Bertz CT molecular complexity index is 393. The molecule has 100 valence electrons. The number of benzene rings is 1. The molecule has 3 nitrogen and oxygen atoms in total. The van der Waals surface area contributed by atoms with E-state index < -0.39 is 0 Å². The number of likely N-dealkylation sites (N-methyl/N-ethyl adjacent to an activating group) is 1. The highest BCUT2D eigenvalue weighted by Crippen LogP contribution is 2.30. The van der Waals surface area contributed by atoms with Crippen molar-refractivity contribution in [3.8, 4) is 0 Å². The first-order chi connectivity index (χ1) is 8.61. The average Bonchev–Trinajstić information content (AvgIpc) is 2.39. The predicted molar refractivity (Wildman–Crippen MR) is 79.8 cm³/mol. The van der Waals surface area contributed by atoms with Crippen LogP contribution in [0.5, 0.6) is 0 Å². The molecule has 1 aliphatic heterocycles. The minimum atomic E-state index is 0.582. The van der Waals surface area contributed by atoms with E-state index >= 15 is 0 Å². The molecule has 3 heteroatoms. The minimum Gasteiger partial charge on any atom is -0.386 e. The molecule has 0 saturated carbocycles. The van der Waals surface area contributed by atoms with Gasteiger partial charge in [0.25, 0.3) is 0 Å². The van der Waals surface area contributed by atoms with Crippen molar-refractivity contribution in [1.29, 1.82) is 0 Å². The summed E-state index contributed by atoms with van der Waals surface area (Å²) in [6.07, 6.45) is 0. The molecule has 0 aliphatic carbocycles. The first-order valence-electron chi connectivity index (χ1n) is 6.87. The first kappa shape index (κ1) is 13.2. The zero-order chi connectivity index (χ0) is 13.1. The van der Waals surface area contributed by atoms with Crippen molar-refractivity contribution in [3.63, 3.8) is 0 Å². The normalized spacial score (nSPS) is 17.3. The summed E-state index contributed by atoms with van der Waals surface area (Å²) in [6, 6.07) is 6.82. The van der Waals surface area contributed by atoms with Crippen LogP contribution in [0.1, 0.15) is 25.3 Å². The monoisotopic (exact) mass is 247 g/mol. The second kappa shape index (κ2) is 5.61. The van der Waals surface area contributed by atoms with Gasteiger partial charge >= 0.3 is 0 Å². The molecule has 0 spiro atoms. The van der Waals surface area contributed by atoms with Crippen molar-refractivity contribution in [2.24, 2.45) is 0 Å². The van der Waals surface area contributed by atoms with E-state index in [-0.39, 0.29) is 0 Å². The van der Waals surface area contributed by atoms with E-state index in [0.29, 0.717) is 5.92 Å². The molecule has 0 bridgehead atoms. The molecule has 1 N–H and O–H groups in total. The molecule has 1 aromatic carbocycles. The average molecular weight is 247 g/mol. The van der Waals surface area contributed by atoms with Crippen LogP contribution in [0.2, 0.25) is 0 Å². The van der Waals surface area contributed by atoms with E-state index in [4.69, 9.17) is 0 Å². The second-order valence-corrected chi connectivity index (χ2v) is 5.47. The van der Waals surface area contributed by atoms with Crippen LogP contribution in [-0.2, 0) is 0 Å². The van der Waals surface area contributed by atoms with Gasteiger partial charge in [-0.1, -0.05) is 19.9 Å². The molecule has 0 aromatic heterocycles. The molecular weight excluding hydrogens is 222 g/mol. The van der Waals surface area contributed by atoms with Gasteiger partial charge in [-0.2, -0.15) is 0 Å². The lowest BCUT2D eigenvalue weighted by atomic mass is 10.0. The Morgan fingerprint density at radius 3 is 2.33 bits per heavy atom. The Hall–Kier alpha value is -1.22.